The molecular formula is C26H29FN2O5S. The first-order valence-corrected chi connectivity index (χ1v) is 12.6. The number of sulfonamides is 1. The maximum atomic E-state index is 13.4. The van der Waals surface area contributed by atoms with E-state index >= 15 is 0 Å². The van der Waals surface area contributed by atoms with Gasteiger partial charge in [0.2, 0.25) is 5.91 Å². The number of carbonyl (C=O) groups excluding carboxylic acids is 1. The van der Waals surface area contributed by atoms with E-state index in [2.05, 4.69) is 5.32 Å². The van der Waals surface area contributed by atoms with Crippen LogP contribution < -0.4 is 19.1 Å². The summed E-state index contributed by atoms with van der Waals surface area (Å²) in [7, 11) is -4.15. The predicted octanol–water partition coefficient (Wildman–Crippen LogP) is 4.31. The van der Waals surface area contributed by atoms with E-state index in [1.54, 1.807) is 31.2 Å². The Morgan fingerprint density at radius 3 is 2.29 bits per heavy atom. The molecule has 0 aliphatic carbocycles. The van der Waals surface area contributed by atoms with Gasteiger partial charge in [-0.3, -0.25) is 9.10 Å². The molecule has 0 aliphatic heterocycles. The Kier molecular flexibility index (Phi) is 8.70. The molecule has 1 unspecified atom stereocenters. The van der Waals surface area contributed by atoms with Crippen LogP contribution in [-0.2, 0) is 14.8 Å². The average Bonchev–Trinajstić information content (AvgIpc) is 2.83. The molecule has 1 N–H and O–H groups in total. The zero-order chi connectivity index (χ0) is 25.4. The minimum Gasteiger partial charge on any atom is -0.494 e. The van der Waals surface area contributed by atoms with Crippen molar-refractivity contribution in [2.45, 2.75) is 31.7 Å². The van der Waals surface area contributed by atoms with E-state index in [0.717, 1.165) is 22.0 Å². The van der Waals surface area contributed by atoms with E-state index < -0.39 is 28.3 Å². The highest BCUT2D eigenvalue weighted by Crippen LogP contribution is 2.26. The topological polar surface area (TPSA) is 84.9 Å². The smallest absolute Gasteiger partial charge is 0.264 e. The van der Waals surface area contributed by atoms with Crippen LogP contribution >= 0.6 is 0 Å². The van der Waals surface area contributed by atoms with Crippen LogP contribution in [0.5, 0.6) is 11.5 Å². The van der Waals surface area contributed by atoms with Crippen LogP contribution in [0.1, 0.15) is 19.4 Å². The molecule has 0 spiro atoms. The van der Waals surface area contributed by atoms with Crippen molar-refractivity contribution in [1.82, 2.24) is 5.32 Å². The zero-order valence-electron chi connectivity index (χ0n) is 19.9. The molecule has 0 aliphatic rings. The van der Waals surface area contributed by atoms with Gasteiger partial charge in [-0.05, 0) is 80.9 Å². The van der Waals surface area contributed by atoms with Crippen LogP contribution in [0.15, 0.2) is 77.7 Å². The van der Waals surface area contributed by atoms with E-state index in [-0.39, 0.29) is 23.2 Å². The van der Waals surface area contributed by atoms with Gasteiger partial charge in [0, 0.05) is 0 Å². The molecule has 3 aromatic rings. The molecule has 0 heterocycles. The first-order valence-electron chi connectivity index (χ1n) is 11.2. The summed E-state index contributed by atoms with van der Waals surface area (Å²) in [5.74, 6) is 0.215. The van der Waals surface area contributed by atoms with Crippen LogP contribution in [0.2, 0.25) is 0 Å². The lowest BCUT2D eigenvalue weighted by atomic mass is 10.2. The molecule has 1 atom stereocenters. The van der Waals surface area contributed by atoms with Crippen molar-refractivity contribution in [1.29, 1.82) is 0 Å². The molecule has 0 aromatic heterocycles. The van der Waals surface area contributed by atoms with Crippen molar-refractivity contribution in [3.05, 3.63) is 84.2 Å². The molecule has 0 radical (unpaired) electrons. The van der Waals surface area contributed by atoms with E-state index in [4.69, 9.17) is 9.47 Å². The summed E-state index contributed by atoms with van der Waals surface area (Å²) in [6.45, 7) is 5.74. The van der Waals surface area contributed by atoms with Crippen molar-refractivity contribution in [3.8, 4) is 11.5 Å². The number of nitrogens with one attached hydrogen (secondary N) is 1. The van der Waals surface area contributed by atoms with Crippen LogP contribution in [0.3, 0.4) is 0 Å². The minimum absolute atomic E-state index is 0.128. The number of hydrogen-bond acceptors (Lipinski definition) is 5. The molecule has 7 nitrogen and oxygen atoms in total. The largest absolute Gasteiger partial charge is 0.494 e. The number of carbonyl (C=O) groups is 1. The molecule has 186 valence electrons. The molecule has 0 fully saturated rings. The normalized spacial score (nSPS) is 12.0. The van der Waals surface area contributed by atoms with E-state index in [9.17, 15) is 17.6 Å². The van der Waals surface area contributed by atoms with Crippen molar-refractivity contribution in [3.63, 3.8) is 0 Å². The van der Waals surface area contributed by atoms with Crippen molar-refractivity contribution in [2.75, 3.05) is 24.1 Å². The lowest BCUT2D eigenvalue weighted by Crippen LogP contribution is -2.45. The molecule has 1 amide bonds. The van der Waals surface area contributed by atoms with Crippen LogP contribution in [-0.4, -0.2) is 40.1 Å². The molecule has 0 saturated carbocycles. The summed E-state index contributed by atoms with van der Waals surface area (Å²) in [6, 6.07) is 18.0. The lowest BCUT2D eigenvalue weighted by Gasteiger charge is -2.25. The number of halogens is 1. The Balaban J connectivity index is 1.77. The standard InChI is InChI=1S/C26H29FN2O5S/c1-4-33-23-13-11-22(12-14-23)29(35(31,32)24-15-9-21(27)10-16-24)17-26(30)28-20(3)18-34-25-8-6-5-7-19(25)2/h5-16,20H,4,17-18H2,1-3H3,(H,28,30). The predicted molar refractivity (Wildman–Crippen MR) is 133 cm³/mol. The molecule has 9 heteroatoms. The number of amides is 1. The number of para-hydroxylation sites is 1. The summed E-state index contributed by atoms with van der Waals surface area (Å²) in [5.41, 5.74) is 1.25. The monoisotopic (exact) mass is 500 g/mol. The van der Waals surface area contributed by atoms with Crippen molar-refractivity contribution in [2.24, 2.45) is 0 Å². The Hall–Kier alpha value is -3.59. The molecule has 0 saturated heterocycles. The Labute approximate surface area is 205 Å². The van der Waals surface area contributed by atoms with E-state index in [1.807, 2.05) is 38.1 Å². The molecule has 35 heavy (non-hydrogen) atoms. The van der Waals surface area contributed by atoms with E-state index in [0.29, 0.717) is 18.1 Å². The minimum atomic E-state index is -4.15. The second kappa shape index (κ2) is 11.7. The van der Waals surface area contributed by atoms with Gasteiger partial charge in [0.05, 0.1) is 23.2 Å². The van der Waals surface area contributed by atoms with Crippen LogP contribution in [0.25, 0.3) is 0 Å². The zero-order valence-corrected chi connectivity index (χ0v) is 20.7. The number of aryl methyl sites for hydroxylation is 1. The highest BCUT2D eigenvalue weighted by Gasteiger charge is 2.28. The maximum absolute atomic E-state index is 13.4. The van der Waals surface area contributed by atoms with Gasteiger partial charge < -0.3 is 14.8 Å². The number of benzene rings is 3. The summed E-state index contributed by atoms with van der Waals surface area (Å²) in [5, 5.41) is 2.78. The fourth-order valence-corrected chi connectivity index (χ4v) is 4.77. The van der Waals surface area contributed by atoms with Crippen LogP contribution in [0, 0.1) is 12.7 Å². The van der Waals surface area contributed by atoms with Gasteiger partial charge in [-0.15, -0.1) is 0 Å². The number of hydrogen-bond donors (Lipinski definition) is 1. The summed E-state index contributed by atoms with van der Waals surface area (Å²) in [6.07, 6.45) is 0. The van der Waals surface area contributed by atoms with Gasteiger partial charge in [-0.1, -0.05) is 18.2 Å². The summed E-state index contributed by atoms with van der Waals surface area (Å²) >= 11 is 0. The summed E-state index contributed by atoms with van der Waals surface area (Å²) in [4.78, 5) is 12.7. The Bertz CT molecular complexity index is 1230. The molecule has 3 aromatic carbocycles. The quantitative estimate of drug-likeness (QED) is 0.424. The average molecular weight is 501 g/mol. The fourth-order valence-electron chi connectivity index (χ4n) is 3.35. The number of anilines is 1. The third kappa shape index (κ3) is 6.95. The second-order valence-corrected chi connectivity index (χ2v) is 9.80. The first-order chi connectivity index (χ1) is 16.7. The molecular weight excluding hydrogens is 471 g/mol. The van der Waals surface area contributed by atoms with Crippen LogP contribution in [0.4, 0.5) is 10.1 Å². The van der Waals surface area contributed by atoms with Gasteiger partial charge in [0.25, 0.3) is 10.0 Å². The van der Waals surface area contributed by atoms with Gasteiger partial charge in [0.1, 0.15) is 30.5 Å². The highest BCUT2D eigenvalue weighted by atomic mass is 32.2. The molecule has 3 rings (SSSR count). The van der Waals surface area contributed by atoms with E-state index in [1.165, 1.54) is 12.1 Å². The highest BCUT2D eigenvalue weighted by molar-refractivity contribution is 7.92. The Morgan fingerprint density at radius 1 is 1.00 bits per heavy atom. The molecule has 0 bridgehead atoms. The lowest BCUT2D eigenvalue weighted by molar-refractivity contribution is -0.120. The number of nitrogens with zero attached hydrogens (tertiary/aromatic N) is 1. The second-order valence-electron chi connectivity index (χ2n) is 7.94. The first kappa shape index (κ1) is 26.0. The number of ether oxygens (including phenoxy) is 2. The third-order valence-electron chi connectivity index (χ3n) is 5.11. The van der Waals surface area contributed by atoms with Crippen molar-refractivity contribution < 1.29 is 27.1 Å². The Morgan fingerprint density at radius 2 is 1.66 bits per heavy atom. The van der Waals surface area contributed by atoms with Crippen molar-refractivity contribution >= 4 is 21.6 Å². The maximum Gasteiger partial charge on any atom is 0.264 e. The summed E-state index contributed by atoms with van der Waals surface area (Å²) < 4.78 is 52.4. The fraction of sp³-hybridized carbons (Fsp3) is 0.269. The van der Waals surface area contributed by atoms with Gasteiger partial charge >= 0.3 is 0 Å². The number of rotatable bonds is 11. The third-order valence-corrected chi connectivity index (χ3v) is 6.90. The SMILES string of the molecule is CCOc1ccc(N(CC(=O)NC(C)COc2ccccc2C)S(=O)(=O)c2ccc(F)cc2)cc1. The van der Waals surface area contributed by atoms with Gasteiger partial charge in [-0.25, -0.2) is 12.8 Å². The van der Waals surface area contributed by atoms with Gasteiger partial charge in [0.15, 0.2) is 0 Å². The van der Waals surface area contributed by atoms with Gasteiger partial charge in [-0.2, -0.15) is 0 Å².